The normalized spacial score (nSPS) is 14.6. The van der Waals surface area contributed by atoms with E-state index < -0.39 is 17.7 Å². The first kappa shape index (κ1) is 25.5. The monoisotopic (exact) mass is 497 g/mol. The van der Waals surface area contributed by atoms with Gasteiger partial charge in [-0.25, -0.2) is 4.98 Å². The van der Waals surface area contributed by atoms with Crippen molar-refractivity contribution in [1.29, 1.82) is 0 Å². The van der Waals surface area contributed by atoms with E-state index in [2.05, 4.69) is 15.2 Å². The van der Waals surface area contributed by atoms with Crippen molar-refractivity contribution in [2.75, 3.05) is 49.5 Å². The van der Waals surface area contributed by atoms with E-state index in [1.54, 1.807) is 24.4 Å². The topological polar surface area (TPSA) is 71.5 Å². The molecule has 0 bridgehead atoms. The first-order valence-corrected chi connectivity index (χ1v) is 12.0. The van der Waals surface area contributed by atoms with Crippen molar-refractivity contribution in [2.24, 2.45) is 0 Å². The van der Waals surface area contributed by atoms with E-state index in [1.165, 1.54) is 24.3 Å². The zero-order chi connectivity index (χ0) is 25.5. The number of pyridine rings is 1. The predicted octanol–water partition coefficient (Wildman–Crippen LogP) is 4.15. The maximum absolute atomic E-state index is 13.0. The number of hydrogen-bond acceptors (Lipinski definition) is 6. The van der Waals surface area contributed by atoms with Crippen LogP contribution in [0.2, 0.25) is 0 Å². The lowest BCUT2D eigenvalue weighted by Gasteiger charge is -2.36. The van der Waals surface area contributed by atoms with Crippen molar-refractivity contribution in [3.05, 3.63) is 78.0 Å². The number of carbonyl (C=O) groups excluding carboxylic acids is 1. The van der Waals surface area contributed by atoms with Gasteiger partial charge in [0.25, 0.3) is 0 Å². The maximum atomic E-state index is 13.0. The summed E-state index contributed by atoms with van der Waals surface area (Å²) in [5.74, 6) is -0.442. The van der Waals surface area contributed by atoms with Gasteiger partial charge < -0.3 is 20.1 Å². The molecule has 1 fully saturated rings. The summed E-state index contributed by atoms with van der Waals surface area (Å²) in [7, 11) is 0. The van der Waals surface area contributed by atoms with Gasteiger partial charge in [-0.15, -0.1) is 0 Å². The van der Waals surface area contributed by atoms with Gasteiger partial charge in [-0.3, -0.25) is 4.90 Å². The first-order valence-electron chi connectivity index (χ1n) is 12.0. The summed E-state index contributed by atoms with van der Waals surface area (Å²) in [5, 5.41) is 14.3. The quantitative estimate of drug-likeness (QED) is 0.448. The van der Waals surface area contributed by atoms with E-state index >= 15 is 0 Å². The molecular weight excluding hydrogens is 469 g/mol. The smallest absolute Gasteiger partial charge is 0.416 e. The first-order chi connectivity index (χ1) is 17.3. The highest BCUT2D eigenvalue weighted by molar-refractivity contribution is 5.86. The summed E-state index contributed by atoms with van der Waals surface area (Å²) in [4.78, 5) is 19.6. The second-order valence-corrected chi connectivity index (χ2v) is 8.81. The molecule has 1 aromatic heterocycles. The van der Waals surface area contributed by atoms with Gasteiger partial charge in [-0.05, 0) is 66.4 Å². The highest BCUT2D eigenvalue weighted by Crippen LogP contribution is 2.32. The summed E-state index contributed by atoms with van der Waals surface area (Å²) >= 11 is 0. The lowest BCUT2D eigenvalue weighted by Crippen LogP contribution is -2.46. The van der Waals surface area contributed by atoms with E-state index in [9.17, 15) is 23.1 Å². The fourth-order valence-electron chi connectivity index (χ4n) is 4.29. The lowest BCUT2D eigenvalue weighted by atomic mass is 10.0. The molecule has 1 aliphatic heterocycles. The highest BCUT2D eigenvalue weighted by Gasteiger charge is 2.31. The van der Waals surface area contributed by atoms with Crippen LogP contribution in [0.4, 0.5) is 24.7 Å². The van der Waals surface area contributed by atoms with Crippen LogP contribution in [0.3, 0.4) is 0 Å². The van der Waals surface area contributed by atoms with E-state index in [4.69, 9.17) is 0 Å². The van der Waals surface area contributed by atoms with E-state index in [1.807, 2.05) is 17.0 Å². The van der Waals surface area contributed by atoms with Crippen LogP contribution in [0, 0.1) is 0 Å². The number of carboxylic acid groups (broad SMARTS) is 1. The fraction of sp³-hybridized carbons (Fsp3) is 0.333. The van der Waals surface area contributed by atoms with E-state index in [0.29, 0.717) is 18.8 Å². The van der Waals surface area contributed by atoms with Crippen LogP contribution in [0.15, 0.2) is 66.9 Å². The minimum atomic E-state index is -4.33. The third-order valence-electron chi connectivity index (χ3n) is 6.33. The number of nitrogens with zero attached hydrogens (tertiary/aromatic N) is 3. The van der Waals surface area contributed by atoms with Crippen molar-refractivity contribution in [1.82, 2.24) is 9.88 Å². The van der Waals surface area contributed by atoms with Crippen LogP contribution < -0.4 is 15.3 Å². The Morgan fingerprint density at radius 2 is 1.69 bits per heavy atom. The number of anilines is 2. The van der Waals surface area contributed by atoms with Gasteiger partial charge in [0.1, 0.15) is 5.82 Å². The molecule has 9 heteroatoms. The molecule has 36 heavy (non-hydrogen) atoms. The number of carboxylic acids is 1. The van der Waals surface area contributed by atoms with Crippen molar-refractivity contribution in [2.45, 2.75) is 19.0 Å². The Morgan fingerprint density at radius 1 is 0.944 bits per heavy atom. The number of unbranched alkanes of at least 4 members (excludes halogenated alkanes) is 1. The van der Waals surface area contributed by atoms with E-state index in [0.717, 1.165) is 62.0 Å². The van der Waals surface area contributed by atoms with Gasteiger partial charge in [0, 0.05) is 44.6 Å². The molecule has 0 saturated carbocycles. The summed E-state index contributed by atoms with van der Waals surface area (Å²) < 4.78 is 39.0. The number of alkyl halides is 3. The molecule has 0 atom stereocenters. The molecule has 0 radical (unpaired) electrons. The van der Waals surface area contributed by atoms with Crippen LogP contribution in [0.5, 0.6) is 0 Å². The molecular formula is C27H28F3N4O2-. The Balaban J connectivity index is 1.18. The number of aromatic carboxylic acids is 1. The third-order valence-corrected chi connectivity index (χ3v) is 6.33. The molecule has 4 rings (SSSR count). The third kappa shape index (κ3) is 6.75. The Morgan fingerprint density at radius 3 is 2.39 bits per heavy atom. The van der Waals surface area contributed by atoms with Crippen LogP contribution in [0.25, 0.3) is 11.1 Å². The van der Waals surface area contributed by atoms with Gasteiger partial charge in [0.15, 0.2) is 0 Å². The number of hydrogen-bond donors (Lipinski definition) is 1. The van der Waals surface area contributed by atoms with Gasteiger partial charge >= 0.3 is 6.18 Å². The summed E-state index contributed by atoms with van der Waals surface area (Å²) in [6.45, 7) is 4.77. The molecule has 1 aliphatic rings. The molecule has 0 amide bonds. The number of halogens is 3. The Bertz CT molecular complexity index is 1160. The second kappa shape index (κ2) is 11.4. The molecule has 6 nitrogen and oxygen atoms in total. The van der Waals surface area contributed by atoms with Crippen molar-refractivity contribution in [3.8, 4) is 11.1 Å². The molecule has 190 valence electrons. The standard InChI is InChI=1S/C27H29F3N4O2/c28-27(29,30)23-4-3-5-24(19-23)34-16-14-33(15-17-34)13-2-1-11-31-25-18-22(10-12-32-25)20-6-8-21(9-7-20)26(35)36/h3-10,12,18-19H,1-2,11,13-17H2,(H,31,32)(H,35,36)/p-1. The van der Waals surface area contributed by atoms with Gasteiger partial charge in [-0.1, -0.05) is 30.3 Å². The molecule has 2 aromatic carbocycles. The van der Waals surface area contributed by atoms with Crippen LogP contribution in [-0.4, -0.2) is 55.1 Å². The molecule has 0 aliphatic carbocycles. The number of carbonyl (C=O) groups is 1. The van der Waals surface area contributed by atoms with Gasteiger partial charge in [-0.2, -0.15) is 13.2 Å². The van der Waals surface area contributed by atoms with Crippen molar-refractivity contribution in [3.63, 3.8) is 0 Å². The van der Waals surface area contributed by atoms with Crippen LogP contribution in [0.1, 0.15) is 28.8 Å². The van der Waals surface area contributed by atoms with Crippen LogP contribution in [-0.2, 0) is 6.18 Å². The maximum Gasteiger partial charge on any atom is 0.416 e. The summed E-state index contributed by atoms with van der Waals surface area (Å²) in [5.41, 5.74) is 2.00. The van der Waals surface area contributed by atoms with Gasteiger partial charge in [0.05, 0.1) is 11.5 Å². The Kier molecular flexibility index (Phi) is 8.10. The van der Waals surface area contributed by atoms with Crippen LogP contribution >= 0.6 is 0 Å². The molecule has 0 unspecified atom stereocenters. The van der Waals surface area contributed by atoms with E-state index in [-0.39, 0.29) is 5.56 Å². The number of piperazine rings is 1. The average Bonchev–Trinajstić information content (AvgIpc) is 2.89. The highest BCUT2D eigenvalue weighted by atomic mass is 19.4. The second-order valence-electron chi connectivity index (χ2n) is 8.81. The van der Waals surface area contributed by atoms with Crippen molar-refractivity contribution < 1.29 is 23.1 Å². The number of aromatic nitrogens is 1. The Hall–Kier alpha value is -3.59. The average molecular weight is 498 g/mol. The SMILES string of the molecule is O=C([O-])c1ccc(-c2ccnc(NCCCCN3CCN(c4cccc(C(F)(F)F)c4)CC3)c2)cc1. The molecule has 0 spiro atoms. The molecule has 1 saturated heterocycles. The van der Waals surface area contributed by atoms with Crippen molar-refractivity contribution >= 4 is 17.5 Å². The summed E-state index contributed by atoms with van der Waals surface area (Å²) in [6, 6.07) is 15.9. The number of nitrogens with one attached hydrogen (secondary N) is 1. The zero-order valence-electron chi connectivity index (χ0n) is 19.8. The minimum absolute atomic E-state index is 0.142. The molecule has 1 N–H and O–H groups in total. The Labute approximate surface area is 208 Å². The van der Waals surface area contributed by atoms with Gasteiger partial charge in [0.2, 0.25) is 0 Å². The number of benzene rings is 2. The fourth-order valence-corrected chi connectivity index (χ4v) is 4.29. The largest absolute Gasteiger partial charge is 0.545 e. The molecule has 3 aromatic rings. The summed E-state index contributed by atoms with van der Waals surface area (Å²) in [6.07, 6.45) is -0.649. The zero-order valence-corrected chi connectivity index (χ0v) is 19.8. The predicted molar refractivity (Wildman–Crippen MR) is 132 cm³/mol. The minimum Gasteiger partial charge on any atom is -0.545 e. The lowest BCUT2D eigenvalue weighted by molar-refractivity contribution is -0.255. The number of rotatable bonds is 9. The molecule has 2 heterocycles.